The van der Waals surface area contributed by atoms with Crippen LogP contribution in [0.4, 0.5) is 5.69 Å². The SMILES string of the molecule is Cc1cc(C(=O)NCC2CCCCC2Cl)ccc1[N+](=O)[O-]. The lowest BCUT2D eigenvalue weighted by Gasteiger charge is -2.27. The second kappa shape index (κ2) is 6.89. The number of benzene rings is 1. The Morgan fingerprint density at radius 3 is 2.76 bits per heavy atom. The van der Waals surface area contributed by atoms with Crippen LogP contribution in [0, 0.1) is 23.0 Å². The molecule has 6 heteroatoms. The van der Waals surface area contributed by atoms with Crippen LogP contribution in [0.25, 0.3) is 0 Å². The van der Waals surface area contributed by atoms with Crippen molar-refractivity contribution in [3.05, 3.63) is 39.4 Å². The zero-order valence-electron chi connectivity index (χ0n) is 12.0. The van der Waals surface area contributed by atoms with Crippen molar-refractivity contribution in [1.29, 1.82) is 0 Å². The van der Waals surface area contributed by atoms with Gasteiger partial charge in [0.1, 0.15) is 0 Å². The molecular weight excluding hydrogens is 292 g/mol. The van der Waals surface area contributed by atoms with E-state index in [2.05, 4.69) is 5.32 Å². The van der Waals surface area contributed by atoms with Crippen LogP contribution in [-0.2, 0) is 0 Å². The van der Waals surface area contributed by atoms with E-state index < -0.39 is 4.92 Å². The molecule has 0 spiro atoms. The van der Waals surface area contributed by atoms with Crippen LogP contribution in [0.3, 0.4) is 0 Å². The Bertz CT molecular complexity index is 548. The molecule has 1 aromatic carbocycles. The molecule has 0 bridgehead atoms. The summed E-state index contributed by atoms with van der Waals surface area (Å²) in [6.07, 6.45) is 4.34. The maximum Gasteiger partial charge on any atom is 0.272 e. The van der Waals surface area contributed by atoms with Crippen LogP contribution in [0.1, 0.15) is 41.6 Å². The number of nitrogens with one attached hydrogen (secondary N) is 1. The largest absolute Gasteiger partial charge is 0.352 e. The number of alkyl halides is 1. The van der Waals surface area contributed by atoms with E-state index in [9.17, 15) is 14.9 Å². The maximum absolute atomic E-state index is 12.1. The van der Waals surface area contributed by atoms with Gasteiger partial charge in [-0.15, -0.1) is 11.6 Å². The molecule has 0 aromatic heterocycles. The lowest BCUT2D eigenvalue weighted by Crippen LogP contribution is -2.34. The van der Waals surface area contributed by atoms with Crippen LogP contribution >= 0.6 is 11.6 Å². The van der Waals surface area contributed by atoms with Gasteiger partial charge in [-0.25, -0.2) is 0 Å². The number of aryl methyl sites for hydroxylation is 1. The Hall–Kier alpha value is -1.62. The summed E-state index contributed by atoms with van der Waals surface area (Å²) in [4.78, 5) is 22.4. The highest BCUT2D eigenvalue weighted by molar-refractivity contribution is 6.20. The van der Waals surface area contributed by atoms with Gasteiger partial charge in [-0.2, -0.15) is 0 Å². The second-order valence-corrected chi connectivity index (χ2v) is 6.09. The van der Waals surface area contributed by atoms with Crippen LogP contribution in [-0.4, -0.2) is 22.8 Å². The molecule has 1 aliphatic rings. The fourth-order valence-electron chi connectivity index (χ4n) is 2.72. The van der Waals surface area contributed by atoms with E-state index in [-0.39, 0.29) is 17.0 Å². The fourth-order valence-corrected chi connectivity index (χ4v) is 3.09. The number of rotatable bonds is 4. The third-order valence-electron chi connectivity index (χ3n) is 4.00. The molecule has 1 aromatic rings. The highest BCUT2D eigenvalue weighted by Crippen LogP contribution is 2.28. The van der Waals surface area contributed by atoms with Crippen LogP contribution in [0.15, 0.2) is 18.2 Å². The normalized spacial score (nSPS) is 21.8. The van der Waals surface area contributed by atoms with Crippen molar-refractivity contribution < 1.29 is 9.72 Å². The predicted octanol–water partition coefficient (Wildman–Crippen LogP) is 3.43. The first-order valence-electron chi connectivity index (χ1n) is 7.16. The van der Waals surface area contributed by atoms with Gasteiger partial charge in [0.25, 0.3) is 11.6 Å². The molecular formula is C15H19ClN2O3. The summed E-state index contributed by atoms with van der Waals surface area (Å²) in [6.45, 7) is 2.19. The van der Waals surface area contributed by atoms with Crippen LogP contribution in [0.2, 0.25) is 0 Å². The second-order valence-electron chi connectivity index (χ2n) is 5.53. The number of carbonyl (C=O) groups excluding carboxylic acids is 1. The number of hydrogen-bond donors (Lipinski definition) is 1. The van der Waals surface area contributed by atoms with Crippen molar-refractivity contribution in [3.63, 3.8) is 0 Å². The minimum absolute atomic E-state index is 0.0275. The predicted molar refractivity (Wildman–Crippen MR) is 81.8 cm³/mol. The van der Waals surface area contributed by atoms with Gasteiger partial charge in [0, 0.05) is 29.1 Å². The van der Waals surface area contributed by atoms with E-state index in [1.807, 2.05) is 0 Å². The molecule has 0 aliphatic heterocycles. The van der Waals surface area contributed by atoms with Gasteiger partial charge in [0.15, 0.2) is 0 Å². The number of carbonyl (C=O) groups is 1. The molecule has 2 atom stereocenters. The van der Waals surface area contributed by atoms with Gasteiger partial charge in [-0.3, -0.25) is 14.9 Å². The van der Waals surface area contributed by atoms with E-state index in [1.54, 1.807) is 13.0 Å². The van der Waals surface area contributed by atoms with Gasteiger partial charge < -0.3 is 5.32 Å². The summed E-state index contributed by atoms with van der Waals surface area (Å²) in [5, 5.41) is 13.8. The van der Waals surface area contributed by atoms with Crippen molar-refractivity contribution in [2.24, 2.45) is 5.92 Å². The molecule has 0 heterocycles. The maximum atomic E-state index is 12.1. The van der Waals surface area contributed by atoms with E-state index in [4.69, 9.17) is 11.6 Å². The van der Waals surface area contributed by atoms with Gasteiger partial charge in [0.05, 0.1) is 4.92 Å². The minimum Gasteiger partial charge on any atom is -0.352 e. The molecule has 21 heavy (non-hydrogen) atoms. The van der Waals surface area contributed by atoms with Crippen LogP contribution in [0.5, 0.6) is 0 Å². The van der Waals surface area contributed by atoms with Crippen molar-refractivity contribution >= 4 is 23.2 Å². The van der Waals surface area contributed by atoms with Gasteiger partial charge >= 0.3 is 0 Å². The van der Waals surface area contributed by atoms with Gasteiger partial charge in [0.2, 0.25) is 0 Å². The topological polar surface area (TPSA) is 72.2 Å². The van der Waals surface area contributed by atoms with E-state index >= 15 is 0 Å². The lowest BCUT2D eigenvalue weighted by atomic mass is 9.88. The monoisotopic (exact) mass is 310 g/mol. The quantitative estimate of drug-likeness (QED) is 0.526. The number of hydrogen-bond acceptors (Lipinski definition) is 3. The molecule has 1 saturated carbocycles. The summed E-state index contributed by atoms with van der Waals surface area (Å²) in [7, 11) is 0. The number of amides is 1. The van der Waals surface area contributed by atoms with E-state index in [0.717, 1.165) is 25.7 Å². The Kier molecular flexibility index (Phi) is 5.17. The highest BCUT2D eigenvalue weighted by Gasteiger charge is 2.23. The first kappa shape index (κ1) is 15.8. The van der Waals surface area contributed by atoms with Crippen molar-refractivity contribution in [3.8, 4) is 0 Å². The lowest BCUT2D eigenvalue weighted by molar-refractivity contribution is -0.385. The molecule has 0 saturated heterocycles. The molecule has 1 amide bonds. The van der Waals surface area contributed by atoms with Gasteiger partial charge in [-0.1, -0.05) is 12.8 Å². The number of nitro benzene ring substituents is 1. The number of halogens is 1. The Morgan fingerprint density at radius 2 is 2.14 bits per heavy atom. The molecule has 0 radical (unpaired) electrons. The zero-order chi connectivity index (χ0) is 15.4. The first-order chi connectivity index (χ1) is 9.99. The Labute approximate surface area is 128 Å². The molecule has 1 aliphatic carbocycles. The molecule has 2 rings (SSSR count). The van der Waals surface area contributed by atoms with Gasteiger partial charge in [-0.05, 0) is 37.8 Å². The average molecular weight is 311 g/mol. The molecule has 5 nitrogen and oxygen atoms in total. The van der Waals surface area contributed by atoms with E-state index in [0.29, 0.717) is 23.6 Å². The third kappa shape index (κ3) is 3.94. The average Bonchev–Trinajstić information content (AvgIpc) is 2.45. The first-order valence-corrected chi connectivity index (χ1v) is 7.60. The Morgan fingerprint density at radius 1 is 1.43 bits per heavy atom. The fraction of sp³-hybridized carbons (Fsp3) is 0.533. The zero-order valence-corrected chi connectivity index (χ0v) is 12.7. The molecule has 2 unspecified atom stereocenters. The van der Waals surface area contributed by atoms with Crippen LogP contribution < -0.4 is 5.32 Å². The van der Waals surface area contributed by atoms with Crippen molar-refractivity contribution in [2.75, 3.05) is 6.54 Å². The summed E-state index contributed by atoms with van der Waals surface area (Å²) < 4.78 is 0. The summed E-state index contributed by atoms with van der Waals surface area (Å²) in [5.74, 6) is 0.103. The summed E-state index contributed by atoms with van der Waals surface area (Å²) in [6, 6.07) is 4.40. The Balaban J connectivity index is 1.97. The van der Waals surface area contributed by atoms with Crippen molar-refractivity contribution in [2.45, 2.75) is 38.0 Å². The molecule has 114 valence electrons. The molecule has 1 N–H and O–H groups in total. The standard InChI is InChI=1S/C15H19ClN2O3/c1-10-8-11(6-7-14(10)18(20)21)15(19)17-9-12-4-2-3-5-13(12)16/h6-8,12-13H,2-5,9H2,1H3,(H,17,19). The highest BCUT2D eigenvalue weighted by atomic mass is 35.5. The summed E-state index contributed by atoms with van der Waals surface area (Å²) in [5.41, 5.74) is 0.959. The third-order valence-corrected chi connectivity index (χ3v) is 4.57. The minimum atomic E-state index is -0.447. The van der Waals surface area contributed by atoms with Crippen molar-refractivity contribution in [1.82, 2.24) is 5.32 Å². The number of nitrogens with zero attached hydrogens (tertiary/aromatic N) is 1. The van der Waals surface area contributed by atoms with E-state index in [1.165, 1.54) is 12.1 Å². The molecule has 1 fully saturated rings. The number of nitro groups is 1. The summed E-state index contributed by atoms with van der Waals surface area (Å²) >= 11 is 6.27. The smallest absolute Gasteiger partial charge is 0.272 e.